The number of aromatic nitrogens is 1. The monoisotopic (exact) mass is 281 g/mol. The van der Waals surface area contributed by atoms with Crippen molar-refractivity contribution in [2.45, 2.75) is 11.5 Å². The number of aromatic carboxylic acids is 1. The summed E-state index contributed by atoms with van der Waals surface area (Å²) in [5.74, 6) is -0.256. The number of rotatable bonds is 5. The topological polar surface area (TPSA) is 59.4 Å². The molecule has 0 aliphatic rings. The molecule has 1 N–H and O–H groups in total. The van der Waals surface area contributed by atoms with E-state index >= 15 is 0 Å². The van der Waals surface area contributed by atoms with E-state index in [1.807, 2.05) is 30.5 Å². The Balaban J connectivity index is 1.95. The average Bonchev–Trinajstić information content (AvgIpc) is 2.86. The van der Waals surface area contributed by atoms with Crippen molar-refractivity contribution in [1.29, 1.82) is 0 Å². The summed E-state index contributed by atoms with van der Waals surface area (Å²) in [6, 6.07) is 7.72. The van der Waals surface area contributed by atoms with Crippen LogP contribution in [0.1, 0.15) is 15.5 Å². The quantitative estimate of drug-likeness (QED) is 0.853. The highest BCUT2D eigenvalue weighted by molar-refractivity contribution is 7.98. The Morgan fingerprint density at radius 2 is 2.17 bits per heavy atom. The van der Waals surface area contributed by atoms with Crippen molar-refractivity contribution < 1.29 is 14.6 Å². The predicted molar refractivity (Wildman–Crippen MR) is 71.6 cm³/mol. The maximum Gasteiger partial charge on any atom is 0.365 e. The van der Waals surface area contributed by atoms with Gasteiger partial charge in [-0.05, 0) is 30.5 Å². The van der Waals surface area contributed by atoms with Gasteiger partial charge in [0.2, 0.25) is 5.01 Å². The normalized spacial score (nSPS) is 10.3. The molecule has 94 valence electrons. The molecule has 0 unspecified atom stereocenters. The fourth-order valence-corrected chi connectivity index (χ4v) is 2.35. The standard InChI is InChI=1S/C12H11NO3S2/c1-17-10-4-2-9(3-5-10)16-6-8-7-18-11(13-8)12(14)15/h2-5,7H,6H2,1H3,(H,14,15). The van der Waals surface area contributed by atoms with E-state index in [0.29, 0.717) is 5.69 Å². The third-order valence-corrected chi connectivity index (χ3v) is 3.80. The molecule has 1 heterocycles. The number of carbonyl (C=O) groups is 1. The second-order valence-corrected chi connectivity index (χ2v) is 5.15. The molecule has 0 saturated carbocycles. The van der Waals surface area contributed by atoms with Gasteiger partial charge in [-0.2, -0.15) is 0 Å². The van der Waals surface area contributed by atoms with Crippen LogP contribution < -0.4 is 4.74 Å². The predicted octanol–water partition coefficient (Wildman–Crippen LogP) is 3.14. The first-order valence-electron chi connectivity index (χ1n) is 5.13. The minimum atomic E-state index is -1.00. The number of hydrogen-bond donors (Lipinski definition) is 1. The Hall–Kier alpha value is -1.53. The maximum atomic E-state index is 10.7. The van der Waals surface area contributed by atoms with E-state index in [1.54, 1.807) is 17.1 Å². The molecule has 2 rings (SSSR count). The van der Waals surface area contributed by atoms with Crippen LogP contribution in [0.5, 0.6) is 5.75 Å². The molecule has 1 aromatic heterocycles. The summed E-state index contributed by atoms with van der Waals surface area (Å²) in [6.07, 6.45) is 2.01. The average molecular weight is 281 g/mol. The third-order valence-electron chi connectivity index (χ3n) is 2.18. The van der Waals surface area contributed by atoms with Gasteiger partial charge in [0.15, 0.2) is 0 Å². The van der Waals surface area contributed by atoms with E-state index in [1.165, 1.54) is 4.90 Å². The summed E-state index contributed by atoms with van der Waals surface area (Å²) in [5.41, 5.74) is 0.631. The van der Waals surface area contributed by atoms with Crippen LogP contribution in [0.3, 0.4) is 0 Å². The minimum Gasteiger partial charge on any atom is -0.487 e. The van der Waals surface area contributed by atoms with Gasteiger partial charge in [0, 0.05) is 10.3 Å². The third kappa shape index (κ3) is 3.24. The number of carboxylic acid groups (broad SMARTS) is 1. The van der Waals surface area contributed by atoms with Crippen LogP contribution in [0.4, 0.5) is 0 Å². The van der Waals surface area contributed by atoms with Crippen molar-refractivity contribution in [3.05, 3.63) is 40.3 Å². The zero-order chi connectivity index (χ0) is 13.0. The lowest BCUT2D eigenvalue weighted by Gasteiger charge is -2.04. The second kappa shape index (κ2) is 5.88. The van der Waals surface area contributed by atoms with Crippen molar-refractivity contribution in [3.8, 4) is 5.75 Å². The first kappa shape index (κ1) is 12.9. The number of carboxylic acids is 1. The summed E-state index contributed by atoms with van der Waals surface area (Å²) >= 11 is 2.77. The van der Waals surface area contributed by atoms with Gasteiger partial charge in [-0.1, -0.05) is 0 Å². The summed E-state index contributed by atoms with van der Waals surface area (Å²) in [6.45, 7) is 0.280. The van der Waals surface area contributed by atoms with E-state index in [9.17, 15) is 4.79 Å². The molecular weight excluding hydrogens is 270 g/mol. The molecule has 18 heavy (non-hydrogen) atoms. The fraction of sp³-hybridized carbons (Fsp3) is 0.167. The van der Waals surface area contributed by atoms with Crippen LogP contribution in [-0.4, -0.2) is 22.3 Å². The van der Waals surface area contributed by atoms with Crippen LogP contribution in [0.15, 0.2) is 34.5 Å². The maximum absolute atomic E-state index is 10.7. The molecule has 0 aliphatic carbocycles. The summed E-state index contributed by atoms with van der Waals surface area (Å²) in [4.78, 5) is 15.8. The molecule has 0 amide bonds. The molecule has 0 aliphatic heterocycles. The molecule has 0 bridgehead atoms. The zero-order valence-corrected chi connectivity index (χ0v) is 11.3. The first-order chi connectivity index (χ1) is 8.69. The van der Waals surface area contributed by atoms with Crippen LogP contribution in [0, 0.1) is 0 Å². The number of thioether (sulfide) groups is 1. The smallest absolute Gasteiger partial charge is 0.365 e. The SMILES string of the molecule is CSc1ccc(OCc2csc(C(=O)O)n2)cc1. The van der Waals surface area contributed by atoms with Gasteiger partial charge in [0.1, 0.15) is 12.4 Å². The van der Waals surface area contributed by atoms with Gasteiger partial charge >= 0.3 is 5.97 Å². The van der Waals surface area contributed by atoms with E-state index < -0.39 is 5.97 Å². The highest BCUT2D eigenvalue weighted by atomic mass is 32.2. The molecule has 0 atom stereocenters. The van der Waals surface area contributed by atoms with Crippen LogP contribution in [-0.2, 0) is 6.61 Å². The molecule has 0 fully saturated rings. The van der Waals surface area contributed by atoms with Crippen molar-refractivity contribution in [2.24, 2.45) is 0 Å². The number of nitrogens with zero attached hydrogens (tertiary/aromatic N) is 1. The van der Waals surface area contributed by atoms with E-state index in [0.717, 1.165) is 17.1 Å². The Kier molecular flexibility index (Phi) is 4.22. The number of benzene rings is 1. The summed E-state index contributed by atoms with van der Waals surface area (Å²) in [7, 11) is 0. The molecular formula is C12H11NO3S2. The highest BCUT2D eigenvalue weighted by Gasteiger charge is 2.09. The van der Waals surface area contributed by atoms with Crippen molar-refractivity contribution in [1.82, 2.24) is 4.98 Å². The second-order valence-electron chi connectivity index (χ2n) is 3.41. The number of hydrogen-bond acceptors (Lipinski definition) is 5. The Morgan fingerprint density at radius 1 is 1.44 bits per heavy atom. The molecule has 2 aromatic rings. The lowest BCUT2D eigenvalue weighted by atomic mass is 10.3. The van der Waals surface area contributed by atoms with Gasteiger partial charge in [0.05, 0.1) is 5.69 Å². The first-order valence-corrected chi connectivity index (χ1v) is 7.24. The van der Waals surface area contributed by atoms with E-state index in [-0.39, 0.29) is 11.6 Å². The Morgan fingerprint density at radius 3 is 2.72 bits per heavy atom. The molecule has 6 heteroatoms. The van der Waals surface area contributed by atoms with Gasteiger partial charge in [-0.15, -0.1) is 23.1 Å². The van der Waals surface area contributed by atoms with Crippen molar-refractivity contribution >= 4 is 29.1 Å². The molecule has 1 aromatic carbocycles. The van der Waals surface area contributed by atoms with E-state index in [4.69, 9.17) is 9.84 Å². The molecule has 0 radical (unpaired) electrons. The van der Waals surface area contributed by atoms with Crippen molar-refractivity contribution in [2.75, 3.05) is 6.26 Å². The Bertz CT molecular complexity index is 537. The number of thiazole rings is 1. The highest BCUT2D eigenvalue weighted by Crippen LogP contribution is 2.20. The number of ether oxygens (including phenoxy) is 1. The van der Waals surface area contributed by atoms with Gasteiger partial charge < -0.3 is 9.84 Å². The largest absolute Gasteiger partial charge is 0.487 e. The van der Waals surface area contributed by atoms with Crippen LogP contribution >= 0.6 is 23.1 Å². The lowest BCUT2D eigenvalue weighted by Crippen LogP contribution is -1.99. The lowest BCUT2D eigenvalue weighted by molar-refractivity contribution is 0.0696. The summed E-state index contributed by atoms with van der Waals surface area (Å²) in [5, 5.41) is 10.5. The molecule has 4 nitrogen and oxygen atoms in total. The Labute approximate surface area is 113 Å². The van der Waals surface area contributed by atoms with Crippen LogP contribution in [0.25, 0.3) is 0 Å². The summed E-state index contributed by atoms with van der Waals surface area (Å²) < 4.78 is 5.53. The molecule has 0 saturated heterocycles. The fourth-order valence-electron chi connectivity index (χ4n) is 1.30. The zero-order valence-electron chi connectivity index (χ0n) is 9.62. The molecule has 0 spiro atoms. The van der Waals surface area contributed by atoms with E-state index in [2.05, 4.69) is 4.98 Å². The van der Waals surface area contributed by atoms with Gasteiger partial charge in [-0.3, -0.25) is 0 Å². The van der Waals surface area contributed by atoms with Crippen LogP contribution in [0.2, 0.25) is 0 Å². The van der Waals surface area contributed by atoms with Crippen molar-refractivity contribution in [3.63, 3.8) is 0 Å². The minimum absolute atomic E-state index is 0.0892. The van der Waals surface area contributed by atoms with Gasteiger partial charge in [-0.25, -0.2) is 9.78 Å². The van der Waals surface area contributed by atoms with Gasteiger partial charge in [0.25, 0.3) is 0 Å².